The van der Waals surface area contributed by atoms with Crippen molar-refractivity contribution in [2.24, 2.45) is 13.0 Å². The molecule has 1 aromatic heterocycles. The summed E-state index contributed by atoms with van der Waals surface area (Å²) in [5, 5.41) is 2.73. The number of aromatic nitrogens is 1. The zero-order valence-electron chi connectivity index (χ0n) is 18.5. The first-order valence-electron chi connectivity index (χ1n) is 10.4. The second kappa shape index (κ2) is 9.23. The van der Waals surface area contributed by atoms with Crippen LogP contribution < -0.4 is 5.32 Å². The van der Waals surface area contributed by atoms with E-state index in [-0.39, 0.29) is 17.3 Å². The zero-order valence-corrected chi connectivity index (χ0v) is 19.3. The molecule has 0 unspecified atom stereocenters. The van der Waals surface area contributed by atoms with Crippen molar-refractivity contribution in [3.63, 3.8) is 0 Å². The summed E-state index contributed by atoms with van der Waals surface area (Å²) in [5.41, 5.74) is 1.85. The molecule has 0 saturated carbocycles. The summed E-state index contributed by atoms with van der Waals surface area (Å²) in [5.74, 6) is -0.0151. The zero-order chi connectivity index (χ0) is 22.8. The standard InChI is InChI=1S/C22H30N4O4S/c1-16-9-11-26(12-10-16)22(28)20-13-18(14-24(20)3)31(29,30)25(4)15-21(27)23-19-8-6-5-7-17(19)2/h5-8,13-14,16H,9-12,15H2,1-4H3,(H,23,27). The maximum Gasteiger partial charge on any atom is 0.270 e. The summed E-state index contributed by atoms with van der Waals surface area (Å²) in [7, 11) is -0.919. The molecule has 8 nitrogen and oxygen atoms in total. The van der Waals surface area contributed by atoms with Gasteiger partial charge < -0.3 is 14.8 Å². The molecule has 0 spiro atoms. The minimum Gasteiger partial charge on any atom is -0.345 e. The number of para-hydroxylation sites is 1. The smallest absolute Gasteiger partial charge is 0.270 e. The van der Waals surface area contributed by atoms with E-state index in [9.17, 15) is 18.0 Å². The lowest BCUT2D eigenvalue weighted by Crippen LogP contribution is -2.38. The Bertz CT molecular complexity index is 1070. The fourth-order valence-electron chi connectivity index (χ4n) is 3.63. The number of aryl methyl sites for hydroxylation is 2. The highest BCUT2D eigenvalue weighted by Gasteiger charge is 2.29. The average molecular weight is 447 g/mol. The van der Waals surface area contributed by atoms with Crippen LogP contribution in [0.25, 0.3) is 0 Å². The predicted molar refractivity (Wildman–Crippen MR) is 119 cm³/mol. The van der Waals surface area contributed by atoms with Gasteiger partial charge in [0.2, 0.25) is 15.9 Å². The molecule has 0 atom stereocenters. The quantitative estimate of drug-likeness (QED) is 0.738. The number of sulfonamides is 1. The normalized spacial score (nSPS) is 15.3. The van der Waals surface area contributed by atoms with E-state index in [1.165, 1.54) is 23.9 Å². The van der Waals surface area contributed by atoms with E-state index in [1.54, 1.807) is 24.1 Å². The molecule has 31 heavy (non-hydrogen) atoms. The lowest BCUT2D eigenvalue weighted by Gasteiger charge is -2.30. The van der Waals surface area contributed by atoms with Crippen LogP contribution >= 0.6 is 0 Å². The Morgan fingerprint density at radius 3 is 2.48 bits per heavy atom. The third-order valence-electron chi connectivity index (χ3n) is 5.76. The minimum atomic E-state index is -3.93. The highest BCUT2D eigenvalue weighted by molar-refractivity contribution is 7.89. The molecule has 0 radical (unpaired) electrons. The molecule has 9 heteroatoms. The van der Waals surface area contributed by atoms with Crippen LogP contribution in [-0.4, -0.2) is 60.7 Å². The van der Waals surface area contributed by atoms with Crippen molar-refractivity contribution in [1.82, 2.24) is 13.8 Å². The molecule has 0 bridgehead atoms. The second-order valence-electron chi connectivity index (χ2n) is 8.27. The number of rotatable bonds is 6. The predicted octanol–water partition coefficient (Wildman–Crippen LogP) is 2.46. The Kier molecular flexibility index (Phi) is 6.86. The highest BCUT2D eigenvalue weighted by Crippen LogP contribution is 2.22. The number of carbonyl (C=O) groups is 2. The highest BCUT2D eigenvalue weighted by atomic mass is 32.2. The third kappa shape index (κ3) is 5.16. The number of amides is 2. The summed E-state index contributed by atoms with van der Waals surface area (Å²) in [6.45, 7) is 5.04. The number of anilines is 1. The molecule has 1 saturated heterocycles. The van der Waals surface area contributed by atoms with Crippen LogP contribution in [0.3, 0.4) is 0 Å². The van der Waals surface area contributed by atoms with Crippen LogP contribution in [0.15, 0.2) is 41.4 Å². The number of hydrogen-bond acceptors (Lipinski definition) is 4. The summed E-state index contributed by atoms with van der Waals surface area (Å²) in [6, 6.07) is 8.68. The molecule has 168 valence electrons. The average Bonchev–Trinajstić information content (AvgIpc) is 3.12. The molecule has 1 fully saturated rings. The number of piperidine rings is 1. The van der Waals surface area contributed by atoms with Crippen LogP contribution in [0.2, 0.25) is 0 Å². The first-order valence-corrected chi connectivity index (χ1v) is 11.8. The maximum atomic E-state index is 13.0. The number of nitrogens with one attached hydrogen (secondary N) is 1. The first kappa shape index (κ1) is 23.0. The summed E-state index contributed by atoms with van der Waals surface area (Å²) >= 11 is 0. The van der Waals surface area contributed by atoms with Gasteiger partial charge in [0.1, 0.15) is 10.6 Å². The van der Waals surface area contributed by atoms with Gasteiger partial charge >= 0.3 is 0 Å². The van der Waals surface area contributed by atoms with E-state index < -0.39 is 15.9 Å². The van der Waals surface area contributed by atoms with E-state index in [1.807, 2.05) is 19.1 Å². The fourth-order valence-corrected chi connectivity index (χ4v) is 4.83. The van der Waals surface area contributed by atoms with Gasteiger partial charge in [0.25, 0.3) is 5.91 Å². The Hall–Kier alpha value is -2.65. The molecule has 1 aliphatic rings. The Morgan fingerprint density at radius 1 is 1.19 bits per heavy atom. The second-order valence-corrected chi connectivity index (χ2v) is 10.3. The van der Waals surface area contributed by atoms with Gasteiger partial charge in [-0.2, -0.15) is 4.31 Å². The minimum absolute atomic E-state index is 0.00470. The molecule has 1 N–H and O–H groups in total. The van der Waals surface area contributed by atoms with Gasteiger partial charge in [-0.25, -0.2) is 8.42 Å². The van der Waals surface area contributed by atoms with Gasteiger partial charge in [0.05, 0.1) is 6.54 Å². The number of benzene rings is 1. The summed E-state index contributed by atoms with van der Waals surface area (Å²) in [6.07, 6.45) is 3.31. The van der Waals surface area contributed by atoms with Crippen LogP contribution in [0, 0.1) is 12.8 Å². The van der Waals surface area contributed by atoms with E-state index >= 15 is 0 Å². The largest absolute Gasteiger partial charge is 0.345 e. The summed E-state index contributed by atoms with van der Waals surface area (Å²) < 4.78 is 28.5. The van der Waals surface area contributed by atoms with Gasteiger partial charge in [0.15, 0.2) is 0 Å². The number of carbonyl (C=O) groups excluding carboxylic acids is 2. The molecule has 1 aromatic carbocycles. The molecule has 3 rings (SSSR count). The lowest BCUT2D eigenvalue weighted by atomic mass is 9.99. The molecule has 2 aromatic rings. The third-order valence-corrected chi connectivity index (χ3v) is 7.53. The Balaban J connectivity index is 1.71. The number of likely N-dealkylation sites (tertiary alicyclic amines) is 1. The molecule has 0 aliphatic carbocycles. The van der Waals surface area contributed by atoms with Crippen molar-refractivity contribution in [1.29, 1.82) is 0 Å². The van der Waals surface area contributed by atoms with E-state index in [4.69, 9.17) is 0 Å². The molecule has 2 heterocycles. The molecular formula is C22H30N4O4S. The van der Waals surface area contributed by atoms with E-state index in [0.717, 1.165) is 22.7 Å². The number of hydrogen-bond donors (Lipinski definition) is 1. The van der Waals surface area contributed by atoms with Gasteiger partial charge in [-0.05, 0) is 43.4 Å². The first-order chi connectivity index (χ1) is 14.6. The monoisotopic (exact) mass is 446 g/mol. The number of likely N-dealkylation sites (N-methyl/N-ethyl adjacent to an activating group) is 1. The van der Waals surface area contributed by atoms with Crippen molar-refractivity contribution >= 4 is 27.5 Å². The van der Waals surface area contributed by atoms with Crippen molar-refractivity contribution in [3.05, 3.63) is 47.8 Å². The van der Waals surface area contributed by atoms with Crippen LogP contribution in [0.4, 0.5) is 5.69 Å². The Morgan fingerprint density at radius 2 is 1.84 bits per heavy atom. The molecule has 2 amide bonds. The van der Waals surface area contributed by atoms with Crippen molar-refractivity contribution in [2.45, 2.75) is 31.6 Å². The lowest BCUT2D eigenvalue weighted by molar-refractivity contribution is -0.116. The fraction of sp³-hybridized carbons (Fsp3) is 0.455. The molecular weight excluding hydrogens is 416 g/mol. The van der Waals surface area contributed by atoms with Crippen LogP contribution in [0.1, 0.15) is 35.8 Å². The van der Waals surface area contributed by atoms with Gasteiger partial charge in [-0.3, -0.25) is 9.59 Å². The van der Waals surface area contributed by atoms with E-state index in [0.29, 0.717) is 30.4 Å². The van der Waals surface area contributed by atoms with Gasteiger partial charge in [-0.1, -0.05) is 25.1 Å². The van der Waals surface area contributed by atoms with Crippen molar-refractivity contribution in [3.8, 4) is 0 Å². The molecule has 1 aliphatic heterocycles. The van der Waals surface area contributed by atoms with Crippen molar-refractivity contribution < 1.29 is 18.0 Å². The van der Waals surface area contributed by atoms with E-state index in [2.05, 4.69) is 12.2 Å². The SMILES string of the molecule is Cc1ccccc1NC(=O)CN(C)S(=O)(=O)c1cc(C(=O)N2CCC(C)CC2)n(C)c1. The van der Waals surface area contributed by atoms with Gasteiger partial charge in [0, 0.05) is 39.1 Å². The Labute approximate surface area is 183 Å². The summed E-state index contributed by atoms with van der Waals surface area (Å²) in [4.78, 5) is 27.0. The van der Waals surface area contributed by atoms with Gasteiger partial charge in [-0.15, -0.1) is 0 Å². The topological polar surface area (TPSA) is 91.7 Å². The maximum absolute atomic E-state index is 13.0. The van der Waals surface area contributed by atoms with Crippen molar-refractivity contribution in [2.75, 3.05) is 32.0 Å². The van der Waals surface area contributed by atoms with Crippen LogP contribution in [-0.2, 0) is 21.9 Å². The van der Waals surface area contributed by atoms with Crippen LogP contribution in [0.5, 0.6) is 0 Å². The number of nitrogens with zero attached hydrogens (tertiary/aromatic N) is 3.